The molecule has 2 unspecified atom stereocenters. The molecule has 2 aliphatic carbocycles. The van der Waals surface area contributed by atoms with Gasteiger partial charge < -0.3 is 0 Å². The number of hydrogen-bond acceptors (Lipinski definition) is 0. The van der Waals surface area contributed by atoms with E-state index >= 15 is 8.78 Å². The zero-order chi connectivity index (χ0) is 20.9. The minimum atomic E-state index is -3.12. The molecular weight excluding hydrogens is 391 g/mol. The maximum atomic E-state index is 15.7. The quantitative estimate of drug-likeness (QED) is 0.361. The standard InChI is InChI=1S/C19H13BF8/c1-10-14(23)16(25)13(17(26)15(10)24)20(18(27)6-2-4-11(21)8-18)19(28)7-3-5-12(22)9-19/h2-7H,8-9H2,1H3. The van der Waals surface area contributed by atoms with E-state index in [1.807, 2.05) is 0 Å². The van der Waals surface area contributed by atoms with Crippen molar-refractivity contribution < 1.29 is 35.1 Å². The van der Waals surface area contributed by atoms with Crippen LogP contribution in [0.3, 0.4) is 0 Å². The van der Waals surface area contributed by atoms with Gasteiger partial charge in [0.15, 0.2) is 23.3 Å². The van der Waals surface area contributed by atoms with Gasteiger partial charge >= 0.3 is 0 Å². The highest BCUT2D eigenvalue weighted by Gasteiger charge is 2.59. The van der Waals surface area contributed by atoms with Gasteiger partial charge in [-0.3, -0.25) is 0 Å². The highest BCUT2D eigenvalue weighted by molar-refractivity contribution is 6.79. The monoisotopic (exact) mass is 404 g/mol. The first-order chi connectivity index (χ1) is 13.0. The van der Waals surface area contributed by atoms with Crippen LogP contribution in [0.5, 0.6) is 0 Å². The summed E-state index contributed by atoms with van der Waals surface area (Å²) < 4.78 is 116. The van der Waals surface area contributed by atoms with Crippen molar-refractivity contribution in [2.45, 2.75) is 30.9 Å². The van der Waals surface area contributed by atoms with E-state index in [-0.39, 0.29) is 0 Å². The third-order valence-corrected chi connectivity index (χ3v) is 4.95. The molecule has 0 fully saturated rings. The molecule has 9 heteroatoms. The molecule has 1 aromatic carbocycles. The van der Waals surface area contributed by atoms with Gasteiger partial charge in [-0.25, -0.2) is 35.1 Å². The van der Waals surface area contributed by atoms with Crippen LogP contribution in [0.25, 0.3) is 0 Å². The molecule has 0 aromatic heterocycles. The second-order valence-electron chi connectivity index (χ2n) is 6.88. The Bertz CT molecular complexity index is 877. The zero-order valence-corrected chi connectivity index (χ0v) is 14.5. The molecule has 0 saturated carbocycles. The smallest absolute Gasteiger partial charge is 0.248 e. The van der Waals surface area contributed by atoms with Gasteiger partial charge in [-0.05, 0) is 19.1 Å². The van der Waals surface area contributed by atoms with Crippen LogP contribution >= 0.6 is 0 Å². The van der Waals surface area contributed by atoms with Crippen molar-refractivity contribution in [2.75, 3.05) is 0 Å². The SMILES string of the molecule is Cc1c(F)c(F)c(B(C2(F)C=CC=C(F)C2)C2(F)C=CC=C(F)C2)c(F)c1F. The number of rotatable bonds is 3. The summed E-state index contributed by atoms with van der Waals surface area (Å²) in [5.74, 6) is -9.86. The molecule has 0 heterocycles. The molecule has 0 N–H and O–H groups in total. The Kier molecular flexibility index (Phi) is 5.06. The van der Waals surface area contributed by atoms with Crippen molar-refractivity contribution in [1.82, 2.24) is 0 Å². The number of benzene rings is 1. The molecule has 1 aromatic rings. The van der Waals surface area contributed by atoms with Gasteiger partial charge in [-0.2, -0.15) is 0 Å². The minimum absolute atomic E-state index is 0.640. The predicted molar refractivity (Wildman–Crippen MR) is 90.0 cm³/mol. The summed E-state index contributed by atoms with van der Waals surface area (Å²) in [5.41, 5.74) is -8.84. The van der Waals surface area contributed by atoms with Crippen LogP contribution in [0.2, 0.25) is 0 Å². The molecule has 148 valence electrons. The summed E-state index contributed by atoms with van der Waals surface area (Å²) in [4.78, 5) is 0. The van der Waals surface area contributed by atoms with Crippen LogP contribution in [-0.4, -0.2) is 17.8 Å². The highest BCUT2D eigenvalue weighted by Crippen LogP contribution is 2.41. The van der Waals surface area contributed by atoms with Crippen molar-refractivity contribution in [2.24, 2.45) is 0 Å². The molecule has 0 nitrogen and oxygen atoms in total. The Morgan fingerprint density at radius 3 is 1.46 bits per heavy atom. The van der Waals surface area contributed by atoms with Crippen molar-refractivity contribution in [3.05, 3.63) is 76.9 Å². The summed E-state index contributed by atoms with van der Waals surface area (Å²) in [7, 11) is 0. The summed E-state index contributed by atoms with van der Waals surface area (Å²) in [6.07, 6.45) is 2.39. The summed E-state index contributed by atoms with van der Waals surface area (Å²) in [6, 6.07) is 0. The van der Waals surface area contributed by atoms with Gasteiger partial charge in [-0.1, -0.05) is 24.3 Å². The molecule has 28 heavy (non-hydrogen) atoms. The Hall–Kier alpha value is -2.32. The van der Waals surface area contributed by atoms with Gasteiger partial charge in [0.2, 0.25) is 0 Å². The van der Waals surface area contributed by atoms with E-state index in [1.165, 1.54) is 0 Å². The summed E-state index contributed by atoms with van der Waals surface area (Å²) >= 11 is 0. The number of alkyl halides is 2. The fourth-order valence-corrected chi connectivity index (χ4v) is 3.67. The maximum Gasteiger partial charge on any atom is 0.282 e. The highest BCUT2D eigenvalue weighted by atomic mass is 19.2. The molecule has 0 aliphatic heterocycles. The lowest BCUT2D eigenvalue weighted by Crippen LogP contribution is -2.64. The largest absolute Gasteiger partial charge is 0.282 e. The molecule has 0 saturated heterocycles. The molecule has 0 spiro atoms. The van der Waals surface area contributed by atoms with Crippen LogP contribution in [0.15, 0.2) is 48.1 Å². The van der Waals surface area contributed by atoms with Gasteiger partial charge in [0, 0.05) is 23.9 Å². The van der Waals surface area contributed by atoms with Gasteiger partial charge in [0.05, 0.1) is 0 Å². The first kappa shape index (κ1) is 20.4. The third kappa shape index (κ3) is 3.20. The molecule has 0 amide bonds. The van der Waals surface area contributed by atoms with Crippen LogP contribution < -0.4 is 5.46 Å². The van der Waals surface area contributed by atoms with E-state index in [0.717, 1.165) is 31.2 Å². The molecule has 2 atom stereocenters. The van der Waals surface area contributed by atoms with Crippen LogP contribution in [0.1, 0.15) is 18.4 Å². The lowest BCUT2D eigenvalue weighted by atomic mass is 9.26. The van der Waals surface area contributed by atoms with Gasteiger partial charge in [0.25, 0.3) is 6.71 Å². The van der Waals surface area contributed by atoms with Crippen LogP contribution in [-0.2, 0) is 0 Å². The topological polar surface area (TPSA) is 0 Å². The van der Waals surface area contributed by atoms with Crippen LogP contribution in [0.4, 0.5) is 35.1 Å². The predicted octanol–water partition coefficient (Wildman–Crippen LogP) is 5.37. The van der Waals surface area contributed by atoms with E-state index in [4.69, 9.17) is 0 Å². The van der Waals surface area contributed by atoms with Crippen molar-refractivity contribution in [3.8, 4) is 0 Å². The average Bonchev–Trinajstić information content (AvgIpc) is 2.61. The van der Waals surface area contributed by atoms with Crippen molar-refractivity contribution in [3.63, 3.8) is 0 Å². The second-order valence-corrected chi connectivity index (χ2v) is 6.88. The fraction of sp³-hybridized carbons (Fsp3) is 0.263. The second kappa shape index (κ2) is 6.94. The first-order valence-electron chi connectivity index (χ1n) is 8.28. The van der Waals surface area contributed by atoms with E-state index in [1.54, 1.807) is 0 Å². The Labute approximate surface area is 156 Å². The number of halogens is 8. The lowest BCUT2D eigenvalue weighted by molar-refractivity contribution is 0.257. The molecule has 2 aliphatic rings. The van der Waals surface area contributed by atoms with Gasteiger partial charge in [-0.15, -0.1) is 0 Å². The van der Waals surface area contributed by atoms with Crippen molar-refractivity contribution in [1.29, 1.82) is 0 Å². The molecular formula is C19H13BF8. The number of allylic oxidation sites excluding steroid dienone is 8. The Morgan fingerprint density at radius 1 is 0.714 bits per heavy atom. The van der Waals surface area contributed by atoms with E-state index < -0.39 is 76.6 Å². The van der Waals surface area contributed by atoms with E-state index in [9.17, 15) is 26.3 Å². The first-order valence-corrected chi connectivity index (χ1v) is 8.28. The fourth-order valence-electron chi connectivity index (χ4n) is 3.67. The Balaban J connectivity index is 2.31. The number of hydrogen-bond donors (Lipinski definition) is 0. The van der Waals surface area contributed by atoms with Crippen LogP contribution in [0, 0.1) is 30.2 Å². The van der Waals surface area contributed by atoms with Gasteiger partial charge in [0.1, 0.15) is 22.8 Å². The summed E-state index contributed by atoms with van der Waals surface area (Å²) in [6.45, 7) is -1.85. The van der Waals surface area contributed by atoms with E-state index in [0.29, 0.717) is 12.2 Å². The summed E-state index contributed by atoms with van der Waals surface area (Å²) in [5, 5.41) is 0. The third-order valence-electron chi connectivity index (χ3n) is 4.95. The molecule has 0 radical (unpaired) electrons. The van der Waals surface area contributed by atoms with E-state index in [2.05, 4.69) is 0 Å². The lowest BCUT2D eigenvalue weighted by Gasteiger charge is -2.39. The molecule has 0 bridgehead atoms. The normalized spacial score (nSPS) is 26.9. The van der Waals surface area contributed by atoms with Crippen molar-refractivity contribution >= 4 is 12.2 Å². The Morgan fingerprint density at radius 2 is 1.11 bits per heavy atom. The molecule has 3 rings (SSSR count). The minimum Gasteiger partial charge on any atom is -0.248 e. The maximum absolute atomic E-state index is 15.7. The zero-order valence-electron chi connectivity index (χ0n) is 14.5. The average molecular weight is 404 g/mol.